The fourth-order valence-corrected chi connectivity index (χ4v) is 2.67. The quantitative estimate of drug-likeness (QED) is 0.861. The lowest BCUT2D eigenvalue weighted by atomic mass is 9.93. The lowest BCUT2D eigenvalue weighted by molar-refractivity contribution is 0.246. The Bertz CT molecular complexity index is 461. The van der Waals surface area contributed by atoms with Crippen LogP contribution in [0, 0.1) is 11.3 Å². The van der Waals surface area contributed by atoms with E-state index in [4.69, 9.17) is 11.0 Å². The molecule has 0 aliphatic carbocycles. The Morgan fingerprint density at radius 1 is 1.33 bits per heavy atom. The minimum Gasteiger partial charge on any atom is -0.354 e. The first kappa shape index (κ1) is 15.7. The van der Waals surface area contributed by atoms with Crippen LogP contribution in [0.2, 0.25) is 0 Å². The molecule has 1 aromatic heterocycles. The van der Waals surface area contributed by atoms with Crippen molar-refractivity contribution in [2.24, 2.45) is 5.73 Å². The molecule has 0 spiro atoms. The van der Waals surface area contributed by atoms with Gasteiger partial charge in [0, 0.05) is 32.4 Å². The minimum atomic E-state index is -0.643. The zero-order chi connectivity index (χ0) is 15.1. The first-order valence-electron chi connectivity index (χ1n) is 7.75. The fourth-order valence-electron chi connectivity index (χ4n) is 2.67. The molecule has 0 aromatic carbocycles. The highest BCUT2D eigenvalue weighted by Crippen LogP contribution is 2.15. The predicted molar refractivity (Wildman–Crippen MR) is 84.9 cm³/mol. The molecule has 1 atom stereocenters. The summed E-state index contributed by atoms with van der Waals surface area (Å²) in [4.78, 5) is 9.17. The number of anilines is 1. The zero-order valence-electron chi connectivity index (χ0n) is 12.8. The normalized spacial score (nSPS) is 19.0. The molecule has 0 saturated carbocycles. The molecule has 2 heterocycles. The first-order valence-corrected chi connectivity index (χ1v) is 7.75. The first-order chi connectivity index (χ1) is 10.2. The third-order valence-electron chi connectivity index (χ3n) is 4.30. The van der Waals surface area contributed by atoms with Crippen LogP contribution < -0.4 is 10.6 Å². The van der Waals surface area contributed by atoms with Crippen LogP contribution in [0.5, 0.6) is 0 Å². The average Bonchev–Trinajstić information content (AvgIpc) is 2.56. The number of nitrogens with zero attached hydrogens (tertiary/aromatic N) is 4. The van der Waals surface area contributed by atoms with Crippen LogP contribution in [0.4, 0.5) is 5.82 Å². The maximum Gasteiger partial charge on any atom is 0.128 e. The van der Waals surface area contributed by atoms with Gasteiger partial charge in [-0.15, -0.1) is 0 Å². The van der Waals surface area contributed by atoms with Crippen LogP contribution in [0.25, 0.3) is 0 Å². The van der Waals surface area contributed by atoms with Crippen LogP contribution in [-0.2, 0) is 0 Å². The number of hydrogen-bond acceptors (Lipinski definition) is 5. The Labute approximate surface area is 127 Å². The van der Waals surface area contributed by atoms with E-state index >= 15 is 0 Å². The number of nitrogens with two attached hydrogens (primary N) is 1. The van der Waals surface area contributed by atoms with Crippen molar-refractivity contribution >= 4 is 5.82 Å². The second kappa shape index (κ2) is 7.39. The van der Waals surface area contributed by atoms with Crippen LogP contribution in [0.15, 0.2) is 24.4 Å². The molecule has 0 amide bonds. The smallest absolute Gasteiger partial charge is 0.128 e. The molecule has 1 aliphatic rings. The summed E-state index contributed by atoms with van der Waals surface area (Å²) >= 11 is 0. The SMILES string of the molecule is CCC(N)(C#N)CCCN1CCN(c2ccccn2)CC1. The molecular formula is C16H25N5. The summed E-state index contributed by atoms with van der Waals surface area (Å²) in [7, 11) is 0. The molecule has 2 N–H and O–H groups in total. The summed E-state index contributed by atoms with van der Waals surface area (Å²) in [6, 6.07) is 8.28. The molecule has 5 nitrogen and oxygen atoms in total. The Balaban J connectivity index is 1.72. The second-order valence-electron chi connectivity index (χ2n) is 5.74. The lowest BCUT2D eigenvalue weighted by Crippen LogP contribution is -2.47. The Morgan fingerprint density at radius 3 is 2.67 bits per heavy atom. The third kappa shape index (κ3) is 4.42. The molecule has 114 valence electrons. The van der Waals surface area contributed by atoms with Crippen molar-refractivity contribution in [3.05, 3.63) is 24.4 Å². The highest BCUT2D eigenvalue weighted by atomic mass is 15.3. The molecule has 1 unspecified atom stereocenters. The van der Waals surface area contributed by atoms with Crippen molar-refractivity contribution < 1.29 is 0 Å². The van der Waals surface area contributed by atoms with Gasteiger partial charge in [0.05, 0.1) is 6.07 Å². The number of hydrogen-bond donors (Lipinski definition) is 1. The minimum absolute atomic E-state index is 0.643. The van der Waals surface area contributed by atoms with Gasteiger partial charge >= 0.3 is 0 Å². The summed E-state index contributed by atoms with van der Waals surface area (Å²) in [5.41, 5.74) is 5.37. The number of aromatic nitrogens is 1. The zero-order valence-corrected chi connectivity index (χ0v) is 12.8. The van der Waals surface area contributed by atoms with Gasteiger partial charge < -0.3 is 10.6 Å². The molecule has 1 saturated heterocycles. The second-order valence-corrected chi connectivity index (χ2v) is 5.74. The Morgan fingerprint density at radius 2 is 2.10 bits per heavy atom. The van der Waals surface area contributed by atoms with E-state index in [-0.39, 0.29) is 0 Å². The average molecular weight is 287 g/mol. The topological polar surface area (TPSA) is 69.2 Å². The van der Waals surface area contributed by atoms with E-state index in [1.54, 1.807) is 0 Å². The van der Waals surface area contributed by atoms with E-state index in [2.05, 4.69) is 26.9 Å². The maximum atomic E-state index is 9.08. The Kier molecular flexibility index (Phi) is 5.54. The van der Waals surface area contributed by atoms with Crippen LogP contribution >= 0.6 is 0 Å². The Hall–Kier alpha value is -1.64. The summed E-state index contributed by atoms with van der Waals surface area (Å²) in [6.45, 7) is 7.12. The molecule has 5 heteroatoms. The largest absolute Gasteiger partial charge is 0.354 e. The van der Waals surface area contributed by atoms with Gasteiger partial charge in [0.25, 0.3) is 0 Å². The van der Waals surface area contributed by atoms with Crippen LogP contribution in [0.1, 0.15) is 26.2 Å². The van der Waals surface area contributed by atoms with Gasteiger partial charge in [-0.25, -0.2) is 4.98 Å². The predicted octanol–water partition coefficient (Wildman–Crippen LogP) is 1.61. The van der Waals surface area contributed by atoms with E-state index in [1.807, 2.05) is 25.3 Å². The van der Waals surface area contributed by atoms with E-state index in [9.17, 15) is 0 Å². The standard InChI is InChI=1S/C16H25N5/c1-2-16(18,14-17)7-5-9-20-10-12-21(13-11-20)15-6-3-4-8-19-15/h3-4,6,8H,2,5,7,9-13,18H2,1H3. The molecule has 2 rings (SSSR count). The van der Waals surface area contributed by atoms with Crippen LogP contribution in [-0.4, -0.2) is 48.1 Å². The summed E-state index contributed by atoms with van der Waals surface area (Å²) in [5, 5.41) is 9.08. The van der Waals surface area contributed by atoms with Gasteiger partial charge in [0.1, 0.15) is 11.4 Å². The van der Waals surface area contributed by atoms with Crippen molar-refractivity contribution in [3.8, 4) is 6.07 Å². The third-order valence-corrected chi connectivity index (χ3v) is 4.30. The van der Waals surface area contributed by atoms with Crippen molar-refractivity contribution in [2.45, 2.75) is 31.7 Å². The lowest BCUT2D eigenvalue weighted by Gasteiger charge is -2.35. The molecule has 21 heavy (non-hydrogen) atoms. The highest BCUT2D eigenvalue weighted by Gasteiger charge is 2.23. The molecule has 1 aromatic rings. The molecular weight excluding hydrogens is 262 g/mol. The highest BCUT2D eigenvalue weighted by molar-refractivity contribution is 5.38. The summed E-state index contributed by atoms with van der Waals surface area (Å²) in [5.74, 6) is 1.06. The van der Waals surface area contributed by atoms with Crippen molar-refractivity contribution in [1.29, 1.82) is 5.26 Å². The van der Waals surface area contributed by atoms with Gasteiger partial charge in [-0.3, -0.25) is 4.90 Å². The van der Waals surface area contributed by atoms with Gasteiger partial charge in [-0.05, 0) is 37.9 Å². The maximum absolute atomic E-state index is 9.08. The molecule has 1 aliphatic heterocycles. The van der Waals surface area contributed by atoms with Crippen molar-refractivity contribution in [1.82, 2.24) is 9.88 Å². The van der Waals surface area contributed by atoms with Crippen molar-refractivity contribution in [3.63, 3.8) is 0 Å². The summed E-state index contributed by atoms with van der Waals surface area (Å²) in [6.07, 6.45) is 4.33. The number of rotatable bonds is 6. The molecule has 0 radical (unpaired) electrons. The molecule has 0 bridgehead atoms. The summed E-state index contributed by atoms with van der Waals surface area (Å²) < 4.78 is 0. The van der Waals surface area contributed by atoms with E-state index < -0.39 is 5.54 Å². The number of nitriles is 1. The van der Waals surface area contributed by atoms with Gasteiger partial charge in [0.15, 0.2) is 0 Å². The number of piperazine rings is 1. The van der Waals surface area contributed by atoms with E-state index in [1.165, 1.54) is 0 Å². The van der Waals surface area contributed by atoms with Crippen LogP contribution in [0.3, 0.4) is 0 Å². The van der Waals surface area contributed by atoms with E-state index in [0.717, 1.165) is 57.8 Å². The van der Waals surface area contributed by atoms with Gasteiger partial charge in [-0.2, -0.15) is 5.26 Å². The van der Waals surface area contributed by atoms with Gasteiger partial charge in [0.2, 0.25) is 0 Å². The van der Waals surface area contributed by atoms with E-state index in [0.29, 0.717) is 0 Å². The van der Waals surface area contributed by atoms with Crippen molar-refractivity contribution in [2.75, 3.05) is 37.6 Å². The number of pyridine rings is 1. The monoisotopic (exact) mass is 287 g/mol. The fraction of sp³-hybridized carbons (Fsp3) is 0.625. The van der Waals surface area contributed by atoms with Gasteiger partial charge in [-0.1, -0.05) is 13.0 Å². The molecule has 1 fully saturated rings.